The number of hydrogen-bond acceptors (Lipinski definition) is 3. The van der Waals surface area contributed by atoms with E-state index in [9.17, 15) is 4.79 Å². The number of carbonyl (C=O) groups is 1. The molecule has 0 saturated heterocycles. The van der Waals surface area contributed by atoms with Crippen LogP contribution in [0, 0.1) is 0 Å². The number of carbonyl (C=O) groups excluding carboxylic acids is 1. The normalized spacial score (nSPS) is 11.0. The van der Waals surface area contributed by atoms with E-state index in [1.54, 1.807) is 9.36 Å². The predicted molar refractivity (Wildman–Crippen MR) is 81.3 cm³/mol. The number of aromatic nitrogens is 4. The van der Waals surface area contributed by atoms with Crippen LogP contribution in [0.3, 0.4) is 0 Å². The number of fused-ring (bicyclic) bond motifs is 1. The van der Waals surface area contributed by atoms with Crippen molar-refractivity contribution in [2.24, 2.45) is 14.1 Å². The molecule has 1 aromatic carbocycles. The SMILES string of the molecule is CCc1cc(NC(=O)c2nn(C)c3ccccc23)n(C)n1. The fourth-order valence-corrected chi connectivity index (χ4v) is 2.37. The second-order valence-electron chi connectivity index (χ2n) is 4.94. The molecule has 1 amide bonds. The lowest BCUT2D eigenvalue weighted by Gasteiger charge is -2.03. The van der Waals surface area contributed by atoms with Crippen LogP contribution in [0.25, 0.3) is 10.9 Å². The number of para-hydroxylation sites is 1. The molecule has 3 aromatic rings. The first-order valence-corrected chi connectivity index (χ1v) is 6.86. The van der Waals surface area contributed by atoms with Crippen molar-refractivity contribution in [2.45, 2.75) is 13.3 Å². The second kappa shape index (κ2) is 5.05. The predicted octanol–water partition coefficient (Wildman–Crippen LogP) is 2.12. The fraction of sp³-hybridized carbons (Fsp3) is 0.267. The van der Waals surface area contributed by atoms with E-state index in [0.29, 0.717) is 11.5 Å². The van der Waals surface area contributed by atoms with Gasteiger partial charge in [-0.05, 0) is 12.5 Å². The third kappa shape index (κ3) is 2.29. The molecule has 0 atom stereocenters. The largest absolute Gasteiger partial charge is 0.305 e. The van der Waals surface area contributed by atoms with Gasteiger partial charge in [-0.1, -0.05) is 25.1 Å². The van der Waals surface area contributed by atoms with Crippen LogP contribution >= 0.6 is 0 Å². The summed E-state index contributed by atoms with van der Waals surface area (Å²) in [6.07, 6.45) is 0.830. The minimum absolute atomic E-state index is 0.225. The van der Waals surface area contributed by atoms with Crippen molar-refractivity contribution in [1.82, 2.24) is 19.6 Å². The van der Waals surface area contributed by atoms with Crippen LogP contribution < -0.4 is 5.32 Å². The molecule has 0 radical (unpaired) electrons. The molecular weight excluding hydrogens is 266 g/mol. The summed E-state index contributed by atoms with van der Waals surface area (Å²) in [6.45, 7) is 2.03. The summed E-state index contributed by atoms with van der Waals surface area (Å²) in [5.74, 6) is 0.448. The highest BCUT2D eigenvalue weighted by Crippen LogP contribution is 2.19. The van der Waals surface area contributed by atoms with E-state index in [0.717, 1.165) is 23.0 Å². The van der Waals surface area contributed by atoms with Crippen molar-refractivity contribution >= 4 is 22.6 Å². The molecule has 0 aliphatic carbocycles. The zero-order chi connectivity index (χ0) is 15.0. The number of benzene rings is 1. The Kier molecular flexibility index (Phi) is 3.21. The van der Waals surface area contributed by atoms with Crippen LogP contribution in [-0.2, 0) is 20.5 Å². The van der Waals surface area contributed by atoms with Crippen LogP contribution in [0.15, 0.2) is 30.3 Å². The lowest BCUT2D eigenvalue weighted by molar-refractivity contribution is 0.102. The monoisotopic (exact) mass is 283 g/mol. The van der Waals surface area contributed by atoms with Crippen LogP contribution in [0.5, 0.6) is 0 Å². The highest BCUT2D eigenvalue weighted by atomic mass is 16.2. The molecule has 0 fully saturated rings. The molecule has 3 rings (SSSR count). The molecule has 0 aliphatic heterocycles. The van der Waals surface area contributed by atoms with Gasteiger partial charge in [0.15, 0.2) is 5.69 Å². The Morgan fingerprint density at radius 2 is 1.95 bits per heavy atom. The highest BCUT2D eigenvalue weighted by Gasteiger charge is 2.17. The van der Waals surface area contributed by atoms with Gasteiger partial charge >= 0.3 is 0 Å². The minimum atomic E-state index is -0.225. The molecule has 0 spiro atoms. The van der Waals surface area contributed by atoms with Gasteiger partial charge < -0.3 is 5.32 Å². The Hall–Kier alpha value is -2.63. The highest BCUT2D eigenvalue weighted by molar-refractivity contribution is 6.10. The van der Waals surface area contributed by atoms with Gasteiger partial charge in [0.05, 0.1) is 11.2 Å². The van der Waals surface area contributed by atoms with Gasteiger partial charge in [0, 0.05) is 25.5 Å². The number of amides is 1. The molecule has 2 aromatic heterocycles. The fourth-order valence-electron chi connectivity index (χ4n) is 2.37. The summed E-state index contributed by atoms with van der Waals surface area (Å²) < 4.78 is 3.38. The molecular formula is C15H17N5O. The van der Waals surface area contributed by atoms with Crippen LogP contribution in [0.4, 0.5) is 5.82 Å². The van der Waals surface area contributed by atoms with Gasteiger partial charge in [-0.2, -0.15) is 10.2 Å². The second-order valence-corrected chi connectivity index (χ2v) is 4.94. The molecule has 0 aliphatic rings. The summed E-state index contributed by atoms with van der Waals surface area (Å²) >= 11 is 0. The van der Waals surface area contributed by atoms with Crippen molar-refractivity contribution in [3.05, 3.63) is 41.7 Å². The summed E-state index contributed by atoms with van der Waals surface area (Å²) in [5, 5.41) is 12.4. The van der Waals surface area contributed by atoms with Crippen LogP contribution in [0.2, 0.25) is 0 Å². The number of nitrogens with zero attached hydrogens (tertiary/aromatic N) is 4. The molecule has 0 unspecified atom stereocenters. The minimum Gasteiger partial charge on any atom is -0.305 e. The quantitative estimate of drug-likeness (QED) is 0.800. The smallest absolute Gasteiger partial charge is 0.277 e. The lowest BCUT2D eigenvalue weighted by atomic mass is 10.2. The Labute approximate surface area is 122 Å². The first-order valence-electron chi connectivity index (χ1n) is 6.86. The number of hydrogen-bond donors (Lipinski definition) is 1. The lowest BCUT2D eigenvalue weighted by Crippen LogP contribution is -2.15. The molecule has 0 bridgehead atoms. The van der Waals surface area contributed by atoms with Crippen molar-refractivity contribution < 1.29 is 4.79 Å². The Morgan fingerprint density at radius 1 is 1.19 bits per heavy atom. The number of aryl methyl sites for hydroxylation is 3. The van der Waals surface area contributed by atoms with Gasteiger partial charge in [0.1, 0.15) is 5.82 Å². The van der Waals surface area contributed by atoms with Crippen molar-refractivity contribution in [1.29, 1.82) is 0 Å². The van der Waals surface area contributed by atoms with Crippen molar-refractivity contribution in [3.63, 3.8) is 0 Å². The maximum atomic E-state index is 12.5. The molecule has 0 saturated carbocycles. The van der Waals surface area contributed by atoms with Gasteiger partial charge in [-0.3, -0.25) is 14.2 Å². The zero-order valence-corrected chi connectivity index (χ0v) is 12.3. The van der Waals surface area contributed by atoms with Crippen molar-refractivity contribution in [2.75, 3.05) is 5.32 Å². The van der Waals surface area contributed by atoms with Gasteiger partial charge in [-0.15, -0.1) is 0 Å². The number of nitrogens with one attached hydrogen (secondary N) is 1. The van der Waals surface area contributed by atoms with Crippen molar-refractivity contribution in [3.8, 4) is 0 Å². The molecule has 6 nitrogen and oxygen atoms in total. The summed E-state index contributed by atoms with van der Waals surface area (Å²) in [6, 6.07) is 9.56. The first kappa shape index (κ1) is 13.4. The maximum absolute atomic E-state index is 12.5. The summed E-state index contributed by atoms with van der Waals surface area (Å²) in [5.41, 5.74) is 2.30. The van der Waals surface area contributed by atoms with E-state index in [2.05, 4.69) is 15.5 Å². The van der Waals surface area contributed by atoms with E-state index in [-0.39, 0.29) is 5.91 Å². The molecule has 108 valence electrons. The van der Waals surface area contributed by atoms with Gasteiger partial charge in [-0.25, -0.2) is 0 Å². The Balaban J connectivity index is 1.95. The Morgan fingerprint density at radius 3 is 2.67 bits per heavy atom. The topological polar surface area (TPSA) is 64.7 Å². The summed E-state index contributed by atoms with van der Waals surface area (Å²) in [4.78, 5) is 12.5. The average molecular weight is 283 g/mol. The first-order chi connectivity index (χ1) is 10.1. The van der Waals surface area contributed by atoms with Crippen LogP contribution in [-0.4, -0.2) is 25.5 Å². The third-order valence-electron chi connectivity index (χ3n) is 3.51. The molecule has 6 heteroatoms. The van der Waals surface area contributed by atoms with E-state index in [1.807, 2.05) is 51.4 Å². The van der Waals surface area contributed by atoms with E-state index >= 15 is 0 Å². The average Bonchev–Trinajstić information content (AvgIpc) is 3.01. The van der Waals surface area contributed by atoms with E-state index < -0.39 is 0 Å². The van der Waals surface area contributed by atoms with E-state index in [1.165, 1.54) is 0 Å². The zero-order valence-electron chi connectivity index (χ0n) is 12.3. The Bertz CT molecular complexity index is 815. The van der Waals surface area contributed by atoms with Gasteiger partial charge in [0.25, 0.3) is 5.91 Å². The van der Waals surface area contributed by atoms with Crippen LogP contribution in [0.1, 0.15) is 23.1 Å². The molecule has 2 heterocycles. The molecule has 1 N–H and O–H groups in total. The van der Waals surface area contributed by atoms with E-state index in [4.69, 9.17) is 0 Å². The van der Waals surface area contributed by atoms with Gasteiger partial charge in [0.2, 0.25) is 0 Å². The number of rotatable bonds is 3. The standard InChI is InChI=1S/C15H17N5O/c1-4-10-9-13(20(3)17-10)16-15(21)14-11-7-5-6-8-12(11)19(2)18-14/h5-9H,4H2,1-3H3,(H,16,21). The number of anilines is 1. The summed E-state index contributed by atoms with van der Waals surface area (Å²) in [7, 11) is 3.64. The third-order valence-corrected chi connectivity index (χ3v) is 3.51. The molecule has 21 heavy (non-hydrogen) atoms. The maximum Gasteiger partial charge on any atom is 0.277 e.